The smallest absolute Gasteiger partial charge is 0.305 e. The van der Waals surface area contributed by atoms with Gasteiger partial charge in [-0.1, -0.05) is 13.0 Å². The lowest BCUT2D eigenvalue weighted by Crippen LogP contribution is -2.49. The summed E-state index contributed by atoms with van der Waals surface area (Å²) in [6, 6.07) is 2.81. The van der Waals surface area contributed by atoms with E-state index < -0.39 is 33.7 Å². The molecule has 0 spiro atoms. The molecular weight excluding hydrogens is 290 g/mol. The van der Waals surface area contributed by atoms with E-state index in [-0.39, 0.29) is 23.2 Å². The molecule has 1 aliphatic rings. The molecule has 2 rings (SSSR count). The van der Waals surface area contributed by atoms with Crippen LogP contribution < -0.4 is 10.6 Å². The highest BCUT2D eigenvalue weighted by Crippen LogP contribution is 2.39. The van der Waals surface area contributed by atoms with Gasteiger partial charge >= 0.3 is 5.69 Å². The Hall–Kier alpha value is -2.77. The minimum absolute atomic E-state index is 0.0594. The second-order valence-electron chi connectivity index (χ2n) is 5.45. The van der Waals surface area contributed by atoms with Gasteiger partial charge in [0, 0.05) is 6.42 Å². The second-order valence-corrected chi connectivity index (χ2v) is 5.45. The first-order valence-corrected chi connectivity index (χ1v) is 6.67. The number of nitrogens with one attached hydrogen (secondary N) is 2. The molecule has 8 heteroatoms. The van der Waals surface area contributed by atoms with E-state index in [4.69, 9.17) is 0 Å². The first-order valence-electron chi connectivity index (χ1n) is 6.67. The molecule has 2 N–H and O–H groups in total. The molecule has 0 aliphatic carbocycles. The maximum absolute atomic E-state index is 12.1. The topological polar surface area (TPSA) is 118 Å². The van der Waals surface area contributed by atoms with Crippen LogP contribution in [0.25, 0.3) is 0 Å². The highest BCUT2D eigenvalue weighted by Gasteiger charge is 2.43. The molecule has 0 saturated heterocycles. The van der Waals surface area contributed by atoms with E-state index >= 15 is 0 Å². The molecule has 0 radical (unpaired) electrons. The molecule has 0 bridgehead atoms. The van der Waals surface area contributed by atoms with Crippen molar-refractivity contribution < 1.29 is 19.3 Å². The highest BCUT2D eigenvalue weighted by molar-refractivity contribution is 6.16. The van der Waals surface area contributed by atoms with E-state index in [9.17, 15) is 24.5 Å². The quantitative estimate of drug-likeness (QED) is 0.498. The minimum Gasteiger partial charge on any atom is -0.320 e. The molecule has 8 nitrogen and oxygen atoms in total. The fourth-order valence-corrected chi connectivity index (χ4v) is 2.32. The summed E-state index contributed by atoms with van der Waals surface area (Å²) in [7, 11) is 0. The molecular formula is C14H15N3O5. The van der Waals surface area contributed by atoms with Crippen LogP contribution in [0.4, 0.5) is 11.4 Å². The predicted octanol–water partition coefficient (Wildman–Crippen LogP) is 1.49. The van der Waals surface area contributed by atoms with Crippen molar-refractivity contribution in [2.75, 3.05) is 5.32 Å². The molecule has 0 fully saturated rings. The van der Waals surface area contributed by atoms with Gasteiger partial charge in [0.05, 0.1) is 10.3 Å². The third kappa shape index (κ3) is 2.32. The summed E-state index contributed by atoms with van der Waals surface area (Å²) in [4.78, 5) is 46.1. The molecule has 0 saturated carbocycles. The third-order valence-corrected chi connectivity index (χ3v) is 3.65. The summed E-state index contributed by atoms with van der Waals surface area (Å²) in [5.74, 6) is -1.77. The number of hydrogen-bond acceptors (Lipinski definition) is 5. The van der Waals surface area contributed by atoms with Crippen LogP contribution in [0.2, 0.25) is 0 Å². The molecule has 0 unspecified atom stereocenters. The van der Waals surface area contributed by atoms with Crippen molar-refractivity contribution in [2.24, 2.45) is 0 Å². The third-order valence-electron chi connectivity index (χ3n) is 3.65. The van der Waals surface area contributed by atoms with Crippen molar-refractivity contribution in [2.45, 2.75) is 32.6 Å². The second kappa shape index (κ2) is 5.21. The van der Waals surface area contributed by atoms with Gasteiger partial charge in [0.2, 0.25) is 11.8 Å². The van der Waals surface area contributed by atoms with Crippen molar-refractivity contribution in [3.63, 3.8) is 0 Å². The maximum Gasteiger partial charge on any atom is 0.305 e. The number of nitrogens with zero attached hydrogens (tertiary/aromatic N) is 1. The van der Waals surface area contributed by atoms with E-state index in [2.05, 4.69) is 10.6 Å². The van der Waals surface area contributed by atoms with Crippen LogP contribution in [0.1, 0.15) is 43.1 Å². The van der Waals surface area contributed by atoms with Gasteiger partial charge < -0.3 is 5.32 Å². The predicted molar refractivity (Wildman–Crippen MR) is 77.5 cm³/mol. The summed E-state index contributed by atoms with van der Waals surface area (Å²) in [5.41, 5.74) is -1.57. The van der Waals surface area contributed by atoms with Crippen LogP contribution in [0, 0.1) is 10.1 Å². The summed E-state index contributed by atoms with van der Waals surface area (Å²) in [6.07, 6.45) is 0.143. The molecule has 116 valence electrons. The summed E-state index contributed by atoms with van der Waals surface area (Å²) in [6.45, 7) is 4.75. The normalized spacial score (nSPS) is 15.8. The number of rotatable bonds is 3. The fraction of sp³-hybridized carbons (Fsp3) is 0.357. The van der Waals surface area contributed by atoms with Crippen LogP contribution >= 0.6 is 0 Å². The average molecular weight is 305 g/mol. The Bertz CT molecular complexity index is 709. The maximum atomic E-state index is 12.1. The zero-order valence-electron chi connectivity index (χ0n) is 12.4. The standard InChI is InChI=1S/C14H15N3O5/c1-4-9(18)15-8-6-5-7-10(11(8)17(21)22)12(19)16-13(20)14(7,2)3/h5-6H,4H2,1-3H3,(H,15,18)(H,16,19,20). The minimum atomic E-state index is -1.08. The monoisotopic (exact) mass is 305 g/mol. The van der Waals surface area contributed by atoms with E-state index in [1.165, 1.54) is 12.1 Å². The lowest BCUT2D eigenvalue weighted by Gasteiger charge is -2.30. The Balaban J connectivity index is 2.73. The average Bonchev–Trinajstić information content (AvgIpc) is 2.44. The Morgan fingerprint density at radius 1 is 1.36 bits per heavy atom. The first-order chi connectivity index (χ1) is 10.2. The Kier molecular flexibility index (Phi) is 3.70. The van der Waals surface area contributed by atoms with Crippen LogP contribution in [-0.2, 0) is 15.0 Å². The van der Waals surface area contributed by atoms with Crippen LogP contribution in [0.5, 0.6) is 0 Å². The fourth-order valence-electron chi connectivity index (χ4n) is 2.32. The summed E-state index contributed by atoms with van der Waals surface area (Å²) < 4.78 is 0. The van der Waals surface area contributed by atoms with Gasteiger partial charge in [-0.25, -0.2) is 0 Å². The van der Waals surface area contributed by atoms with E-state index in [1.807, 2.05) is 0 Å². The number of anilines is 1. The molecule has 0 aromatic heterocycles. The number of hydrogen-bond donors (Lipinski definition) is 2. The van der Waals surface area contributed by atoms with Crippen LogP contribution in [0.15, 0.2) is 12.1 Å². The molecule has 1 aliphatic heterocycles. The van der Waals surface area contributed by atoms with Gasteiger partial charge in [0.25, 0.3) is 5.91 Å². The van der Waals surface area contributed by atoms with E-state index in [0.29, 0.717) is 0 Å². The number of benzene rings is 1. The van der Waals surface area contributed by atoms with Gasteiger partial charge in [0.1, 0.15) is 11.3 Å². The largest absolute Gasteiger partial charge is 0.320 e. The lowest BCUT2D eigenvalue weighted by molar-refractivity contribution is -0.384. The van der Waals surface area contributed by atoms with Crippen molar-refractivity contribution in [1.29, 1.82) is 0 Å². The van der Waals surface area contributed by atoms with Gasteiger partial charge in [-0.2, -0.15) is 0 Å². The van der Waals surface area contributed by atoms with Crippen LogP contribution in [-0.4, -0.2) is 22.6 Å². The number of amides is 3. The zero-order valence-corrected chi connectivity index (χ0v) is 12.4. The number of nitro groups is 1. The molecule has 22 heavy (non-hydrogen) atoms. The Morgan fingerprint density at radius 2 is 2.00 bits per heavy atom. The number of carbonyl (C=O) groups excluding carboxylic acids is 3. The lowest BCUT2D eigenvalue weighted by atomic mass is 9.77. The van der Waals surface area contributed by atoms with E-state index in [0.717, 1.165) is 0 Å². The Labute approximate surface area is 126 Å². The van der Waals surface area contributed by atoms with Gasteiger partial charge in [-0.3, -0.25) is 29.8 Å². The van der Waals surface area contributed by atoms with Gasteiger partial charge in [-0.05, 0) is 25.5 Å². The van der Waals surface area contributed by atoms with Crippen LogP contribution in [0.3, 0.4) is 0 Å². The number of nitro benzene ring substituents is 1. The molecule has 3 amide bonds. The highest BCUT2D eigenvalue weighted by atomic mass is 16.6. The number of imide groups is 1. The first kappa shape index (κ1) is 15.6. The molecule has 1 aromatic carbocycles. The van der Waals surface area contributed by atoms with Crippen molar-refractivity contribution in [3.8, 4) is 0 Å². The van der Waals surface area contributed by atoms with Crippen molar-refractivity contribution >= 4 is 29.1 Å². The zero-order chi connectivity index (χ0) is 16.7. The number of carbonyl (C=O) groups is 3. The summed E-state index contributed by atoms with van der Waals surface area (Å²) >= 11 is 0. The molecule has 1 heterocycles. The van der Waals surface area contributed by atoms with Crippen molar-refractivity contribution in [3.05, 3.63) is 33.4 Å². The number of fused-ring (bicyclic) bond motifs is 1. The van der Waals surface area contributed by atoms with Crippen molar-refractivity contribution in [1.82, 2.24) is 5.32 Å². The van der Waals surface area contributed by atoms with E-state index in [1.54, 1.807) is 20.8 Å². The molecule has 1 aromatic rings. The Morgan fingerprint density at radius 3 is 2.55 bits per heavy atom. The van der Waals surface area contributed by atoms with Gasteiger partial charge in [-0.15, -0.1) is 0 Å². The molecule has 0 atom stereocenters. The van der Waals surface area contributed by atoms with Gasteiger partial charge in [0.15, 0.2) is 0 Å². The summed E-state index contributed by atoms with van der Waals surface area (Å²) in [5, 5.41) is 15.9. The SMILES string of the molecule is CCC(=O)Nc1ccc2c(c1[N+](=O)[O-])C(=O)NC(=O)C2(C)C.